The first-order chi connectivity index (χ1) is 20.0. The molecule has 2 unspecified atom stereocenters. The second kappa shape index (κ2) is 13.4. The third-order valence-electron chi connectivity index (χ3n) is 4.97. The molecular weight excluding hydrogens is 726 g/mol. The van der Waals surface area contributed by atoms with Crippen LogP contribution in [0.5, 0.6) is 0 Å². The fraction of sp³-hybridized carbons (Fsp3) is 0.889. The fourth-order valence-electron chi connectivity index (χ4n) is 2.51. The molecule has 0 aromatic rings. The minimum Gasteiger partial charge on any atom is -0.351 e. The lowest BCUT2D eigenvalue weighted by Crippen LogP contribution is -2.63. The summed E-state index contributed by atoms with van der Waals surface area (Å²) >= 11 is 0. The highest BCUT2D eigenvalue weighted by atomic mass is 19.4. The number of unbranched alkanes of at least 4 members (excludes halogenated alkanes) is 3. The second-order valence-corrected chi connectivity index (χ2v) is 8.49. The summed E-state index contributed by atoms with van der Waals surface area (Å²) < 4.78 is 285. The summed E-state index contributed by atoms with van der Waals surface area (Å²) in [6, 6.07) is 0. The summed E-state index contributed by atoms with van der Waals surface area (Å²) in [5.74, 6) is -34.7. The maximum Gasteiger partial charge on any atom is 0.462 e. The van der Waals surface area contributed by atoms with Gasteiger partial charge in [-0.1, -0.05) is 12.8 Å². The van der Waals surface area contributed by atoms with Crippen LogP contribution in [0.15, 0.2) is 0 Å². The normalized spacial score (nSPS) is 17.3. The standard InChI is InChI=1S/C18H14F22N2O4/c19-9(13(25,26)27,45-17(37,38)11(21,22)15(31,32)33)7(43)41-5-3-1-2-4-6-42-8(44)10(20,14(28,29)30)46-18(39,40)12(23,24)16(34,35)36/h1-6H2,(H,41,43)(H,42,44). The summed E-state index contributed by atoms with van der Waals surface area (Å²) in [6.45, 7) is -2.51. The van der Waals surface area contributed by atoms with E-state index in [1.807, 2.05) is 9.47 Å². The van der Waals surface area contributed by atoms with Gasteiger partial charge >= 0.3 is 60.5 Å². The minimum atomic E-state index is -7.46. The number of hydrogen-bond donors (Lipinski definition) is 2. The van der Waals surface area contributed by atoms with Crippen molar-refractivity contribution in [1.29, 1.82) is 0 Å². The van der Waals surface area contributed by atoms with Crippen molar-refractivity contribution in [1.82, 2.24) is 10.6 Å². The monoisotopic (exact) mass is 740 g/mol. The Morgan fingerprint density at radius 2 is 0.630 bits per heavy atom. The van der Waals surface area contributed by atoms with Crippen molar-refractivity contribution >= 4 is 11.8 Å². The van der Waals surface area contributed by atoms with Crippen LogP contribution in [0.2, 0.25) is 0 Å². The van der Waals surface area contributed by atoms with Crippen LogP contribution in [-0.4, -0.2) is 85.4 Å². The van der Waals surface area contributed by atoms with E-state index in [2.05, 4.69) is 0 Å². The first-order valence-corrected chi connectivity index (χ1v) is 11.1. The van der Waals surface area contributed by atoms with Gasteiger partial charge in [-0.15, -0.1) is 0 Å². The predicted molar refractivity (Wildman–Crippen MR) is 98.3 cm³/mol. The van der Waals surface area contributed by atoms with Crippen LogP contribution in [0.4, 0.5) is 96.6 Å². The molecule has 274 valence electrons. The average Bonchev–Trinajstić information content (AvgIpc) is 2.81. The van der Waals surface area contributed by atoms with Crippen molar-refractivity contribution in [3.63, 3.8) is 0 Å². The van der Waals surface area contributed by atoms with Gasteiger partial charge in [0.1, 0.15) is 0 Å². The number of amides is 2. The van der Waals surface area contributed by atoms with Gasteiger partial charge in [-0.05, 0) is 12.8 Å². The Labute approximate surface area is 238 Å². The van der Waals surface area contributed by atoms with Gasteiger partial charge in [-0.3, -0.25) is 19.1 Å². The highest BCUT2D eigenvalue weighted by Crippen LogP contribution is 2.52. The molecule has 2 atom stereocenters. The molecule has 0 aromatic carbocycles. The maximum absolute atomic E-state index is 14.0. The van der Waals surface area contributed by atoms with Crippen molar-refractivity contribution in [2.45, 2.75) is 86.2 Å². The molecule has 0 saturated carbocycles. The molecule has 0 spiro atoms. The second-order valence-electron chi connectivity index (χ2n) is 8.49. The molecular formula is C18H14F22N2O4. The topological polar surface area (TPSA) is 76.7 Å². The third-order valence-corrected chi connectivity index (χ3v) is 4.97. The van der Waals surface area contributed by atoms with Crippen LogP contribution >= 0.6 is 0 Å². The summed E-state index contributed by atoms with van der Waals surface area (Å²) in [4.78, 5) is 22.9. The van der Waals surface area contributed by atoms with Crippen molar-refractivity contribution in [2.24, 2.45) is 0 Å². The molecule has 6 nitrogen and oxygen atoms in total. The van der Waals surface area contributed by atoms with E-state index >= 15 is 0 Å². The number of carbonyl (C=O) groups excluding carboxylic acids is 2. The number of rotatable bonds is 15. The molecule has 46 heavy (non-hydrogen) atoms. The van der Waals surface area contributed by atoms with Crippen LogP contribution in [0.25, 0.3) is 0 Å². The zero-order valence-corrected chi connectivity index (χ0v) is 21.2. The number of carbonyl (C=O) groups is 2. The zero-order valence-electron chi connectivity index (χ0n) is 21.2. The molecule has 0 aliphatic carbocycles. The molecule has 0 bridgehead atoms. The van der Waals surface area contributed by atoms with E-state index in [9.17, 15) is 106 Å². The maximum atomic E-state index is 14.0. The first-order valence-electron chi connectivity index (χ1n) is 11.1. The van der Waals surface area contributed by atoms with Crippen LogP contribution in [0.3, 0.4) is 0 Å². The highest BCUT2D eigenvalue weighted by Gasteiger charge is 2.81. The van der Waals surface area contributed by atoms with E-state index < -0.39 is 111 Å². The lowest BCUT2D eigenvalue weighted by atomic mass is 10.1. The van der Waals surface area contributed by atoms with Crippen molar-refractivity contribution in [3.05, 3.63) is 0 Å². The molecule has 0 rings (SSSR count). The number of hydrogen-bond acceptors (Lipinski definition) is 4. The Morgan fingerprint density at radius 1 is 0.391 bits per heavy atom. The van der Waals surface area contributed by atoms with Crippen LogP contribution in [0, 0.1) is 0 Å². The fourth-order valence-corrected chi connectivity index (χ4v) is 2.51. The number of alkyl halides is 22. The molecule has 0 aliphatic heterocycles. The Morgan fingerprint density at radius 3 is 0.826 bits per heavy atom. The number of nitrogens with one attached hydrogen (secondary N) is 2. The largest absolute Gasteiger partial charge is 0.462 e. The SMILES string of the molecule is O=C(NCCCCCCNC(=O)C(F)(OC(F)(F)C(F)(F)C(F)(F)F)C(F)(F)F)C(F)(OC(F)(F)C(F)(F)C(F)(F)F)C(F)(F)F. The molecule has 2 N–H and O–H groups in total. The van der Waals surface area contributed by atoms with Gasteiger partial charge < -0.3 is 10.6 Å². The van der Waals surface area contributed by atoms with Gasteiger partial charge in [-0.25, -0.2) is 0 Å². The van der Waals surface area contributed by atoms with E-state index in [1.165, 1.54) is 0 Å². The Hall–Kier alpha value is -2.68. The van der Waals surface area contributed by atoms with E-state index in [4.69, 9.17) is 0 Å². The smallest absolute Gasteiger partial charge is 0.351 e. The van der Waals surface area contributed by atoms with Crippen molar-refractivity contribution in [2.75, 3.05) is 13.1 Å². The molecule has 2 amide bonds. The molecule has 0 aromatic heterocycles. The van der Waals surface area contributed by atoms with Crippen molar-refractivity contribution in [3.8, 4) is 0 Å². The van der Waals surface area contributed by atoms with E-state index in [0.717, 1.165) is 10.6 Å². The van der Waals surface area contributed by atoms with E-state index in [-0.39, 0.29) is 0 Å². The Kier molecular flexibility index (Phi) is 12.7. The quantitative estimate of drug-likeness (QED) is 0.142. The summed E-state index contributed by atoms with van der Waals surface area (Å²) in [7, 11) is 0. The molecule has 0 fully saturated rings. The van der Waals surface area contributed by atoms with Gasteiger partial charge in [0.25, 0.3) is 11.8 Å². The van der Waals surface area contributed by atoms with E-state index in [0.29, 0.717) is 0 Å². The number of halogens is 22. The Balaban J connectivity index is 5.21. The molecule has 28 heteroatoms. The highest BCUT2D eigenvalue weighted by molar-refractivity contribution is 5.85. The summed E-state index contributed by atoms with van der Waals surface area (Å²) in [5, 5.41) is 1.68. The van der Waals surface area contributed by atoms with Crippen molar-refractivity contribution < 1.29 is 116 Å². The number of ether oxygens (including phenoxy) is 2. The molecule has 0 heterocycles. The lowest BCUT2D eigenvalue weighted by Gasteiger charge is -2.34. The molecule has 0 radical (unpaired) electrons. The van der Waals surface area contributed by atoms with Crippen LogP contribution < -0.4 is 10.6 Å². The summed E-state index contributed by atoms with van der Waals surface area (Å²) in [6.07, 6.45) is -45.7. The third kappa shape index (κ3) is 9.02. The lowest BCUT2D eigenvalue weighted by molar-refractivity contribution is -0.473. The molecule has 0 saturated heterocycles. The summed E-state index contributed by atoms with van der Waals surface area (Å²) in [5.41, 5.74) is 0. The average molecular weight is 740 g/mol. The van der Waals surface area contributed by atoms with Gasteiger partial charge in [0, 0.05) is 13.1 Å². The van der Waals surface area contributed by atoms with E-state index in [1.54, 1.807) is 0 Å². The van der Waals surface area contributed by atoms with Gasteiger partial charge in [0.15, 0.2) is 0 Å². The van der Waals surface area contributed by atoms with Gasteiger partial charge in [0.05, 0.1) is 0 Å². The van der Waals surface area contributed by atoms with Gasteiger partial charge in [0.2, 0.25) is 0 Å². The predicted octanol–water partition coefficient (Wildman–Crippen LogP) is 6.85. The molecule has 0 aliphatic rings. The first kappa shape index (κ1) is 43.3. The van der Waals surface area contributed by atoms with Crippen LogP contribution in [0.1, 0.15) is 25.7 Å². The van der Waals surface area contributed by atoms with Crippen LogP contribution in [-0.2, 0) is 19.1 Å². The van der Waals surface area contributed by atoms with Gasteiger partial charge in [-0.2, -0.15) is 96.6 Å². The minimum absolute atomic E-state index is 0.517. The Bertz CT molecular complexity index is 970. The zero-order chi connectivity index (χ0) is 37.2.